The Morgan fingerprint density at radius 3 is 1.06 bits per heavy atom. The molecular weight excluding hydrogens is 1080 g/mol. The minimum absolute atomic E-state index is 0.172. The fraction of sp³-hybridized carbons (Fsp3) is 0.808. The fourth-order valence-corrected chi connectivity index (χ4v) is 11.7. The van der Waals surface area contributed by atoms with Gasteiger partial charge in [-0.3, -0.25) is 4.79 Å². The second-order valence-electron chi connectivity index (χ2n) is 25.7. The van der Waals surface area contributed by atoms with Crippen LogP contribution in [-0.2, 0) is 14.3 Å². The smallest absolute Gasteiger partial charge is 0.220 e. The van der Waals surface area contributed by atoms with Crippen molar-refractivity contribution in [1.29, 1.82) is 0 Å². The molecule has 0 aromatic rings. The Hall–Kier alpha value is -2.63. The number of amides is 1. The Bertz CT molecular complexity index is 1650. The number of allylic oxidation sites excluding steroid dienone is 13. The van der Waals surface area contributed by atoms with Gasteiger partial charge in [0.2, 0.25) is 5.91 Å². The SMILES string of the molecule is CC/C=C\C/C=C\C/C=C\C/C=C\C/C=C\C/C=C\CCCCCCCCCCCCCCCCCCCCCCC(=O)NC(COC1OC(CO)C(O)C(O)C1O)C(O)/C=C/CCCCCCCCCCCCCCCCCCCCCCCCC. The lowest BCUT2D eigenvalue weighted by Crippen LogP contribution is -2.60. The molecule has 0 aromatic heterocycles. The van der Waals surface area contributed by atoms with Gasteiger partial charge in [-0.25, -0.2) is 0 Å². The number of nitrogens with one attached hydrogen (secondary N) is 1. The summed E-state index contributed by atoms with van der Waals surface area (Å²) in [4.78, 5) is 13.2. The van der Waals surface area contributed by atoms with Gasteiger partial charge in [0, 0.05) is 6.42 Å². The molecule has 1 fully saturated rings. The average Bonchev–Trinajstić information content (AvgIpc) is 3.38. The van der Waals surface area contributed by atoms with Gasteiger partial charge in [-0.05, 0) is 70.6 Å². The summed E-state index contributed by atoms with van der Waals surface area (Å²) in [6, 6.07) is -0.808. The molecule has 1 heterocycles. The van der Waals surface area contributed by atoms with Gasteiger partial charge in [-0.2, -0.15) is 0 Å². The van der Waals surface area contributed by atoms with Crippen molar-refractivity contribution >= 4 is 5.91 Å². The summed E-state index contributed by atoms with van der Waals surface area (Å²) in [5, 5.41) is 54.8. The quantitative estimate of drug-likeness (QED) is 0.0261. The molecule has 1 aliphatic rings. The molecule has 1 rings (SSSR count). The number of carbonyl (C=O) groups is 1. The average molecular weight is 1220 g/mol. The number of aliphatic hydroxyl groups is 5. The van der Waals surface area contributed by atoms with Crippen molar-refractivity contribution in [2.24, 2.45) is 0 Å². The van der Waals surface area contributed by atoms with Gasteiger partial charge in [0.05, 0.1) is 25.4 Å². The molecule has 0 radical (unpaired) electrons. The normalized spacial score (nSPS) is 18.4. The molecule has 1 saturated heterocycles. The van der Waals surface area contributed by atoms with Gasteiger partial charge in [-0.1, -0.05) is 356 Å². The highest BCUT2D eigenvalue weighted by Crippen LogP contribution is 2.23. The standard InChI is InChI=1S/C78H141NO8/c1-3-5-7-9-11-13-15-17-19-21-23-25-27-29-30-31-32-33-34-35-36-37-38-39-40-41-42-44-46-48-50-52-54-56-58-60-62-64-66-68-74(82)79-71(70-86-78-77(85)76(84)75(83)73(69-80)87-78)72(81)67-65-63-61-59-57-55-53-51-49-47-45-43-28-26-24-22-20-18-16-14-12-10-8-6-4-2/h5,7,11,13,17,19,23,25,29-30,32-33,65,67,71-73,75-78,80-81,83-85H,3-4,6,8-10,12,14-16,18,20-22,24,26-28,31,34-64,66,68-70H2,1-2H3,(H,79,82)/b7-5-,13-11-,19-17-,25-23-,30-29-,33-32-,67-65+. The maximum Gasteiger partial charge on any atom is 0.220 e. The third-order valence-corrected chi connectivity index (χ3v) is 17.5. The van der Waals surface area contributed by atoms with Crippen LogP contribution in [0.1, 0.15) is 348 Å². The third kappa shape index (κ3) is 54.8. The first-order valence-electron chi connectivity index (χ1n) is 37.3. The second-order valence-corrected chi connectivity index (χ2v) is 25.7. The number of unbranched alkanes of at least 4 members (excludes halogenated alkanes) is 43. The zero-order valence-electron chi connectivity index (χ0n) is 56.8. The molecule has 0 spiro atoms. The number of rotatable bonds is 65. The number of carbonyl (C=O) groups excluding carboxylic acids is 1. The van der Waals surface area contributed by atoms with Gasteiger partial charge in [0.25, 0.3) is 0 Å². The predicted molar refractivity (Wildman–Crippen MR) is 373 cm³/mol. The van der Waals surface area contributed by atoms with Crippen LogP contribution >= 0.6 is 0 Å². The Morgan fingerprint density at radius 2 is 0.713 bits per heavy atom. The minimum Gasteiger partial charge on any atom is -0.394 e. The number of ether oxygens (including phenoxy) is 2. The van der Waals surface area contributed by atoms with E-state index in [4.69, 9.17) is 9.47 Å². The van der Waals surface area contributed by atoms with Gasteiger partial charge < -0.3 is 40.3 Å². The molecule has 9 nitrogen and oxygen atoms in total. The van der Waals surface area contributed by atoms with Crippen molar-refractivity contribution in [2.75, 3.05) is 13.2 Å². The molecule has 6 N–H and O–H groups in total. The van der Waals surface area contributed by atoms with Crippen LogP contribution in [0.2, 0.25) is 0 Å². The lowest BCUT2D eigenvalue weighted by Gasteiger charge is -2.40. The molecular formula is C78H141NO8. The highest BCUT2D eigenvalue weighted by atomic mass is 16.7. The molecule has 0 aromatic carbocycles. The Labute approximate surface area is 537 Å². The van der Waals surface area contributed by atoms with Crippen molar-refractivity contribution < 1.29 is 39.8 Å². The molecule has 0 aliphatic carbocycles. The highest BCUT2D eigenvalue weighted by molar-refractivity contribution is 5.76. The van der Waals surface area contributed by atoms with Crippen LogP contribution in [0.5, 0.6) is 0 Å². The zero-order valence-corrected chi connectivity index (χ0v) is 56.8. The first-order chi connectivity index (χ1) is 42.8. The number of aliphatic hydroxyl groups excluding tert-OH is 5. The van der Waals surface area contributed by atoms with Crippen LogP contribution in [0.3, 0.4) is 0 Å². The number of hydrogen-bond acceptors (Lipinski definition) is 8. The molecule has 87 heavy (non-hydrogen) atoms. The summed E-state index contributed by atoms with van der Waals surface area (Å²) < 4.78 is 11.3. The summed E-state index contributed by atoms with van der Waals surface area (Å²) in [7, 11) is 0. The van der Waals surface area contributed by atoms with E-state index in [1.54, 1.807) is 6.08 Å². The Morgan fingerprint density at radius 1 is 0.402 bits per heavy atom. The van der Waals surface area contributed by atoms with Crippen LogP contribution in [-0.4, -0.2) is 87.5 Å². The molecule has 7 atom stereocenters. The molecule has 9 heteroatoms. The van der Waals surface area contributed by atoms with Crippen molar-refractivity contribution in [2.45, 2.75) is 391 Å². The van der Waals surface area contributed by atoms with Gasteiger partial charge in [-0.15, -0.1) is 0 Å². The maximum absolute atomic E-state index is 13.2. The predicted octanol–water partition coefficient (Wildman–Crippen LogP) is 20.9. The van der Waals surface area contributed by atoms with Crippen molar-refractivity contribution in [3.05, 3.63) is 85.1 Å². The van der Waals surface area contributed by atoms with E-state index in [-0.39, 0.29) is 12.5 Å². The van der Waals surface area contributed by atoms with Crippen LogP contribution in [0.25, 0.3) is 0 Å². The first-order valence-corrected chi connectivity index (χ1v) is 37.3. The molecule has 0 saturated carbocycles. The minimum atomic E-state index is -1.57. The lowest BCUT2D eigenvalue weighted by atomic mass is 9.99. The van der Waals surface area contributed by atoms with E-state index < -0.39 is 49.5 Å². The van der Waals surface area contributed by atoms with E-state index in [0.717, 1.165) is 77.0 Å². The van der Waals surface area contributed by atoms with Crippen LogP contribution in [0, 0.1) is 0 Å². The second kappa shape index (κ2) is 66.3. The fourth-order valence-electron chi connectivity index (χ4n) is 11.7. The largest absolute Gasteiger partial charge is 0.394 e. The summed E-state index contributed by atoms with van der Waals surface area (Å²) in [6.45, 7) is 3.71. The van der Waals surface area contributed by atoms with Gasteiger partial charge in [0.15, 0.2) is 6.29 Å². The van der Waals surface area contributed by atoms with Crippen LogP contribution in [0.15, 0.2) is 85.1 Å². The molecule has 1 aliphatic heterocycles. The molecule has 7 unspecified atom stereocenters. The van der Waals surface area contributed by atoms with E-state index in [1.165, 1.54) is 250 Å². The Kier molecular flexibility index (Phi) is 62.8. The topological polar surface area (TPSA) is 149 Å². The highest BCUT2D eigenvalue weighted by Gasteiger charge is 2.44. The Balaban J connectivity index is 2.08. The van der Waals surface area contributed by atoms with Crippen LogP contribution < -0.4 is 5.32 Å². The molecule has 1 amide bonds. The number of hydrogen-bond donors (Lipinski definition) is 6. The first kappa shape index (κ1) is 82.4. The van der Waals surface area contributed by atoms with Crippen molar-refractivity contribution in [3.63, 3.8) is 0 Å². The zero-order chi connectivity index (χ0) is 62.8. The lowest BCUT2D eigenvalue weighted by molar-refractivity contribution is -0.302. The van der Waals surface area contributed by atoms with Crippen LogP contribution in [0.4, 0.5) is 0 Å². The van der Waals surface area contributed by atoms with Gasteiger partial charge >= 0.3 is 0 Å². The van der Waals surface area contributed by atoms with E-state index >= 15 is 0 Å². The molecule has 506 valence electrons. The monoisotopic (exact) mass is 1220 g/mol. The van der Waals surface area contributed by atoms with E-state index in [2.05, 4.69) is 92.1 Å². The van der Waals surface area contributed by atoms with E-state index in [0.29, 0.717) is 6.42 Å². The third-order valence-electron chi connectivity index (χ3n) is 17.5. The summed E-state index contributed by atoms with van der Waals surface area (Å²) >= 11 is 0. The summed E-state index contributed by atoms with van der Waals surface area (Å²) in [5.74, 6) is -0.172. The van der Waals surface area contributed by atoms with E-state index in [1.807, 2.05) is 6.08 Å². The van der Waals surface area contributed by atoms with Crippen molar-refractivity contribution in [1.82, 2.24) is 5.32 Å². The maximum atomic E-state index is 13.2. The summed E-state index contributed by atoms with van der Waals surface area (Å²) in [6.07, 6.45) is 88.4. The molecule has 0 bridgehead atoms. The van der Waals surface area contributed by atoms with Crippen molar-refractivity contribution in [3.8, 4) is 0 Å². The summed E-state index contributed by atoms with van der Waals surface area (Å²) in [5.41, 5.74) is 0. The van der Waals surface area contributed by atoms with Gasteiger partial charge in [0.1, 0.15) is 24.4 Å². The van der Waals surface area contributed by atoms with E-state index in [9.17, 15) is 30.3 Å².